The molecular weight excluding hydrogens is 571 g/mol. The van der Waals surface area contributed by atoms with Crippen molar-refractivity contribution in [1.29, 1.82) is 0 Å². The quantitative estimate of drug-likeness (QED) is 0.200. The second-order valence-corrected chi connectivity index (χ2v) is 11.3. The van der Waals surface area contributed by atoms with Crippen molar-refractivity contribution in [2.24, 2.45) is 0 Å². The van der Waals surface area contributed by atoms with Crippen LogP contribution in [0.3, 0.4) is 0 Å². The van der Waals surface area contributed by atoms with Crippen LogP contribution in [-0.2, 0) is 0 Å². The van der Waals surface area contributed by atoms with Gasteiger partial charge in [-0.05, 0) is 53.5 Å². The SMILES string of the molecule is [2H]c1c([2H])c([2H])c(-c2ccc3oc4c(-c5cccc(-n6c7c([2H])c([2H])c([2H])c([2H])c7c7c8sc9c([2H])c([2H])c([2H])c([2H])c9c8c([2H])c([2H])c76)c5)ncnc4c3c2)c([2H])c1[2H]. The third kappa shape index (κ3) is 3.59. The molecule has 10 aromatic rings. The molecule has 0 spiro atoms. The van der Waals surface area contributed by atoms with Crippen molar-refractivity contribution in [3.63, 3.8) is 0 Å². The lowest BCUT2D eigenvalue weighted by atomic mass is 10.0. The maximum absolute atomic E-state index is 9.40. The highest BCUT2D eigenvalue weighted by molar-refractivity contribution is 7.26. The summed E-state index contributed by atoms with van der Waals surface area (Å²) in [4.78, 5) is 9.03. The Balaban J connectivity index is 1.25. The number of furan rings is 1. The molecule has 10 rings (SSSR count). The van der Waals surface area contributed by atoms with Crippen LogP contribution in [0.15, 0.2) is 144 Å². The van der Waals surface area contributed by atoms with Gasteiger partial charge in [0.2, 0.25) is 0 Å². The summed E-state index contributed by atoms with van der Waals surface area (Å²) in [5.41, 5.74) is 2.61. The maximum Gasteiger partial charge on any atom is 0.180 e. The van der Waals surface area contributed by atoms with Crippen molar-refractivity contribution in [2.45, 2.75) is 0 Å². The summed E-state index contributed by atoms with van der Waals surface area (Å²) in [6.07, 6.45) is 1.32. The van der Waals surface area contributed by atoms with Crippen LogP contribution in [0.25, 0.3) is 92.1 Å². The van der Waals surface area contributed by atoms with Crippen LogP contribution < -0.4 is 0 Å². The summed E-state index contributed by atoms with van der Waals surface area (Å²) in [7, 11) is 0. The summed E-state index contributed by atoms with van der Waals surface area (Å²) in [5.74, 6) is 0. The second kappa shape index (κ2) is 9.36. The molecule has 4 aromatic heterocycles. The molecule has 210 valence electrons. The fourth-order valence-electron chi connectivity index (χ4n) is 5.96. The smallest absolute Gasteiger partial charge is 0.180 e. The van der Waals surface area contributed by atoms with Crippen LogP contribution >= 0.6 is 11.3 Å². The Morgan fingerprint density at radius 3 is 2.42 bits per heavy atom. The largest absolute Gasteiger partial charge is 0.452 e. The van der Waals surface area contributed by atoms with Crippen LogP contribution in [0.5, 0.6) is 0 Å². The molecule has 0 saturated heterocycles. The summed E-state index contributed by atoms with van der Waals surface area (Å²) >= 11 is 0.975. The fourth-order valence-corrected chi connectivity index (χ4v) is 7.07. The molecule has 6 aromatic carbocycles. The Kier molecular flexibility index (Phi) is 2.98. The van der Waals surface area contributed by atoms with Gasteiger partial charge in [-0.15, -0.1) is 11.3 Å². The van der Waals surface area contributed by atoms with Gasteiger partial charge in [0.05, 0.1) is 31.6 Å². The molecule has 4 nitrogen and oxygen atoms in total. The van der Waals surface area contributed by atoms with Crippen LogP contribution in [-0.4, -0.2) is 14.5 Å². The van der Waals surface area contributed by atoms with Crippen molar-refractivity contribution < 1.29 is 25.0 Å². The first-order chi connectivity index (χ1) is 28.5. The highest BCUT2D eigenvalue weighted by atomic mass is 32.1. The Bertz CT molecular complexity index is 3600. The number of hydrogen-bond acceptors (Lipinski definition) is 4. The van der Waals surface area contributed by atoms with Crippen LogP contribution in [0.1, 0.15) is 20.6 Å². The topological polar surface area (TPSA) is 43.9 Å². The lowest BCUT2D eigenvalue weighted by Crippen LogP contribution is -1.95. The van der Waals surface area contributed by atoms with Gasteiger partial charge in [0.25, 0.3) is 0 Å². The molecule has 0 unspecified atom stereocenters. The van der Waals surface area contributed by atoms with Gasteiger partial charge >= 0.3 is 0 Å². The van der Waals surface area contributed by atoms with E-state index in [9.17, 15) is 2.74 Å². The Labute approximate surface area is 282 Å². The molecule has 0 bridgehead atoms. The summed E-state index contributed by atoms with van der Waals surface area (Å²) in [5, 5.41) is 0.891. The van der Waals surface area contributed by atoms with E-state index in [0.717, 1.165) is 11.3 Å². The number of fused-ring (bicyclic) bond motifs is 10. The van der Waals surface area contributed by atoms with Crippen molar-refractivity contribution >= 4 is 75.4 Å². The first-order valence-corrected chi connectivity index (χ1v) is 14.6. The minimum Gasteiger partial charge on any atom is -0.452 e. The zero-order valence-electron chi connectivity index (χ0n) is 37.8. The summed E-state index contributed by atoms with van der Waals surface area (Å²) in [6, 6.07) is 5.25. The molecule has 0 radical (unpaired) electrons. The highest BCUT2D eigenvalue weighted by Crippen LogP contribution is 2.43. The van der Waals surface area contributed by atoms with Crippen LogP contribution in [0.2, 0.25) is 0 Å². The molecule has 0 amide bonds. The molecular formula is C40H23N3OS. The third-order valence-corrected chi connectivity index (χ3v) is 9.01. The van der Waals surface area contributed by atoms with Crippen molar-refractivity contribution in [1.82, 2.24) is 14.5 Å². The highest BCUT2D eigenvalue weighted by Gasteiger charge is 2.19. The van der Waals surface area contributed by atoms with Gasteiger partial charge in [-0.25, -0.2) is 9.97 Å². The number of aromatic nitrogens is 3. The second-order valence-electron chi connectivity index (χ2n) is 10.3. The molecule has 4 heterocycles. The molecule has 0 atom stereocenters. The van der Waals surface area contributed by atoms with E-state index in [1.165, 1.54) is 10.9 Å². The number of benzene rings is 6. The summed E-state index contributed by atoms with van der Waals surface area (Å²) in [6.45, 7) is 0. The Morgan fingerprint density at radius 2 is 1.49 bits per heavy atom. The molecule has 0 aliphatic carbocycles. The van der Waals surface area contributed by atoms with E-state index in [1.807, 2.05) is 0 Å². The van der Waals surface area contributed by atoms with Gasteiger partial charge < -0.3 is 8.98 Å². The molecule has 0 fully saturated rings. The lowest BCUT2D eigenvalue weighted by molar-refractivity contribution is 0.667. The van der Waals surface area contributed by atoms with Crippen molar-refractivity contribution in [2.75, 3.05) is 0 Å². The number of thiophene rings is 1. The van der Waals surface area contributed by atoms with Gasteiger partial charge in [-0.2, -0.15) is 0 Å². The maximum atomic E-state index is 9.40. The summed E-state index contributed by atoms with van der Waals surface area (Å²) < 4.78 is 138. The zero-order valence-corrected chi connectivity index (χ0v) is 23.6. The van der Waals surface area contributed by atoms with Crippen LogP contribution in [0.4, 0.5) is 0 Å². The molecule has 0 aliphatic rings. The van der Waals surface area contributed by atoms with Crippen molar-refractivity contribution in [3.05, 3.63) is 139 Å². The monoisotopic (exact) mass is 608 g/mol. The first kappa shape index (κ1) is 14.3. The normalized spacial score (nSPS) is 16.7. The predicted octanol–water partition coefficient (Wildman–Crippen LogP) is 11.2. The van der Waals surface area contributed by atoms with Gasteiger partial charge in [0.15, 0.2) is 5.58 Å². The van der Waals surface area contributed by atoms with Gasteiger partial charge in [-0.3, -0.25) is 0 Å². The minimum atomic E-state index is -0.528. The number of rotatable bonds is 3. The third-order valence-electron chi connectivity index (χ3n) is 7.89. The molecule has 45 heavy (non-hydrogen) atoms. The van der Waals surface area contributed by atoms with E-state index < -0.39 is 54.4 Å². The zero-order chi connectivity index (χ0) is 42.5. The number of nitrogens with zero attached hydrogens (tertiary/aromatic N) is 3. The predicted molar refractivity (Wildman–Crippen MR) is 187 cm³/mol. The number of para-hydroxylation sites is 1. The fraction of sp³-hybridized carbons (Fsp3) is 0. The van der Waals surface area contributed by atoms with Gasteiger partial charge in [-0.1, -0.05) is 90.7 Å². The number of hydrogen-bond donors (Lipinski definition) is 0. The minimum absolute atomic E-state index is 0.0160. The average Bonchev–Trinajstić information content (AvgIpc) is 3.95. The van der Waals surface area contributed by atoms with E-state index in [0.29, 0.717) is 39.0 Å². The van der Waals surface area contributed by atoms with E-state index in [-0.39, 0.29) is 89.4 Å². The molecule has 5 heteroatoms. The Morgan fingerprint density at radius 1 is 0.644 bits per heavy atom. The standard InChI is InChI=1S/C40H23N3OS/c1-2-9-24(10-3-1)25-17-20-34-31(22-25)38-39(44-34)37(41-23-42-38)26-11-8-12-27(21-26)43-32-15-6-4-14-30(32)36-33(43)19-18-29-28-13-5-7-16-35(28)45-40(29)36/h1-23H/i1D,2D,3D,4D,5D,6D,7D,9D,10D,13D,14D,15D,16D,18D,19D. The molecule has 0 saturated carbocycles. The van der Waals surface area contributed by atoms with E-state index >= 15 is 0 Å². The van der Waals surface area contributed by atoms with Crippen LogP contribution in [0, 0.1) is 0 Å². The first-order valence-electron chi connectivity index (χ1n) is 21.3. The van der Waals surface area contributed by atoms with Gasteiger partial charge in [0, 0.05) is 47.6 Å². The van der Waals surface area contributed by atoms with E-state index in [1.54, 1.807) is 42.5 Å². The lowest BCUT2D eigenvalue weighted by Gasteiger charge is -2.10. The van der Waals surface area contributed by atoms with E-state index in [4.69, 9.17) is 22.2 Å². The van der Waals surface area contributed by atoms with Gasteiger partial charge in [0.1, 0.15) is 23.1 Å². The van der Waals surface area contributed by atoms with Crippen molar-refractivity contribution in [3.8, 4) is 28.1 Å². The Hall–Kier alpha value is -5.78. The average molecular weight is 609 g/mol. The molecule has 0 N–H and O–H groups in total. The van der Waals surface area contributed by atoms with E-state index in [2.05, 4.69) is 9.97 Å². The molecule has 0 aliphatic heterocycles.